The molecule has 0 saturated carbocycles. The summed E-state index contributed by atoms with van der Waals surface area (Å²) in [7, 11) is 1.67. The first kappa shape index (κ1) is 15.8. The summed E-state index contributed by atoms with van der Waals surface area (Å²) >= 11 is 0. The molecular weight excluding hydrogens is 246 g/mol. The van der Waals surface area contributed by atoms with Crippen molar-refractivity contribution in [1.29, 1.82) is 0 Å². The first-order chi connectivity index (χ1) is 8.86. The first-order valence-corrected chi connectivity index (χ1v) is 6.83. The van der Waals surface area contributed by atoms with Crippen LogP contribution in [0.2, 0.25) is 0 Å². The number of aliphatic carboxylic acids is 1. The van der Waals surface area contributed by atoms with Crippen LogP contribution in [0.4, 0.5) is 4.79 Å². The largest absolute Gasteiger partial charge is 0.481 e. The van der Waals surface area contributed by atoms with Gasteiger partial charge >= 0.3 is 12.0 Å². The van der Waals surface area contributed by atoms with Gasteiger partial charge in [-0.3, -0.25) is 9.69 Å². The minimum Gasteiger partial charge on any atom is -0.481 e. The molecular formula is C13H25N3O3. The molecule has 6 heteroatoms. The van der Waals surface area contributed by atoms with E-state index in [0.29, 0.717) is 19.1 Å². The molecule has 2 atom stereocenters. The maximum absolute atomic E-state index is 12.2. The predicted molar refractivity (Wildman–Crippen MR) is 73.1 cm³/mol. The number of hydrogen-bond acceptors (Lipinski definition) is 3. The Labute approximate surface area is 115 Å². The van der Waals surface area contributed by atoms with Gasteiger partial charge < -0.3 is 14.9 Å². The van der Waals surface area contributed by atoms with Gasteiger partial charge in [0.15, 0.2) is 0 Å². The number of hydrogen-bond donors (Lipinski definition) is 1. The maximum atomic E-state index is 12.2. The van der Waals surface area contributed by atoms with Crippen LogP contribution in [0.3, 0.4) is 0 Å². The van der Waals surface area contributed by atoms with Gasteiger partial charge in [0.25, 0.3) is 0 Å². The quantitative estimate of drug-likeness (QED) is 0.821. The van der Waals surface area contributed by atoms with Crippen LogP contribution >= 0.6 is 0 Å². The molecule has 1 aliphatic heterocycles. The second-order valence-electron chi connectivity index (χ2n) is 5.33. The summed E-state index contributed by atoms with van der Waals surface area (Å²) in [6, 6.07) is 0.281. The molecule has 1 fully saturated rings. The minimum atomic E-state index is -0.871. The van der Waals surface area contributed by atoms with E-state index in [1.807, 2.05) is 4.90 Å². The van der Waals surface area contributed by atoms with Gasteiger partial charge in [-0.15, -0.1) is 0 Å². The topological polar surface area (TPSA) is 64.1 Å². The minimum absolute atomic E-state index is 0.0734. The number of urea groups is 1. The third-order valence-corrected chi connectivity index (χ3v) is 3.74. The first-order valence-electron chi connectivity index (χ1n) is 6.83. The molecule has 2 unspecified atom stereocenters. The van der Waals surface area contributed by atoms with Crippen LogP contribution in [0.15, 0.2) is 0 Å². The van der Waals surface area contributed by atoms with Crippen molar-refractivity contribution in [2.24, 2.45) is 5.92 Å². The summed E-state index contributed by atoms with van der Waals surface area (Å²) < 4.78 is 0. The average Bonchev–Trinajstić information content (AvgIpc) is 2.37. The number of piperazine rings is 1. The Hall–Kier alpha value is -1.30. The molecule has 1 rings (SSSR count). The fraction of sp³-hybridized carbons (Fsp3) is 0.846. The van der Waals surface area contributed by atoms with Crippen molar-refractivity contribution in [3.63, 3.8) is 0 Å². The highest BCUT2D eigenvalue weighted by Gasteiger charge is 2.28. The summed E-state index contributed by atoms with van der Waals surface area (Å²) in [6.07, 6.45) is 0. The molecule has 110 valence electrons. The van der Waals surface area contributed by atoms with E-state index in [1.165, 1.54) is 4.90 Å². The summed E-state index contributed by atoms with van der Waals surface area (Å²) in [5.74, 6) is -1.41. The molecule has 2 amide bonds. The summed E-state index contributed by atoms with van der Waals surface area (Å²) in [5, 5.41) is 8.87. The van der Waals surface area contributed by atoms with E-state index in [0.717, 1.165) is 13.1 Å². The van der Waals surface area contributed by atoms with Gasteiger partial charge in [-0.2, -0.15) is 0 Å². The van der Waals surface area contributed by atoms with Gasteiger partial charge in [-0.25, -0.2) is 4.79 Å². The number of carboxylic acids is 1. The number of carbonyl (C=O) groups is 2. The number of carboxylic acid groups (broad SMARTS) is 1. The Kier molecular flexibility index (Phi) is 5.60. The van der Waals surface area contributed by atoms with Gasteiger partial charge in [-0.1, -0.05) is 13.8 Å². The molecule has 0 bridgehead atoms. The third kappa shape index (κ3) is 4.09. The van der Waals surface area contributed by atoms with Gasteiger partial charge in [-0.05, 0) is 13.5 Å². The second-order valence-corrected chi connectivity index (χ2v) is 5.33. The maximum Gasteiger partial charge on any atom is 0.319 e. The third-order valence-electron chi connectivity index (χ3n) is 3.74. The molecule has 1 heterocycles. The smallest absolute Gasteiger partial charge is 0.319 e. The number of carbonyl (C=O) groups excluding carboxylic acids is 1. The average molecular weight is 271 g/mol. The van der Waals surface area contributed by atoms with Gasteiger partial charge in [0.05, 0.1) is 5.92 Å². The van der Waals surface area contributed by atoms with Gasteiger partial charge in [0.1, 0.15) is 0 Å². The van der Waals surface area contributed by atoms with Crippen LogP contribution in [0.25, 0.3) is 0 Å². The van der Waals surface area contributed by atoms with E-state index in [1.54, 1.807) is 14.0 Å². The molecule has 0 aliphatic carbocycles. The zero-order valence-corrected chi connectivity index (χ0v) is 12.3. The van der Waals surface area contributed by atoms with E-state index >= 15 is 0 Å². The normalized spacial score (nSPS) is 22.1. The van der Waals surface area contributed by atoms with Crippen molar-refractivity contribution in [2.45, 2.75) is 26.8 Å². The number of nitrogens with zero attached hydrogens (tertiary/aromatic N) is 3. The Morgan fingerprint density at radius 1 is 1.42 bits per heavy atom. The van der Waals surface area contributed by atoms with Crippen molar-refractivity contribution >= 4 is 12.0 Å². The molecule has 0 radical (unpaired) electrons. The lowest BCUT2D eigenvalue weighted by Gasteiger charge is -2.40. The number of amides is 2. The summed E-state index contributed by atoms with van der Waals surface area (Å²) in [6.45, 7) is 9.39. The lowest BCUT2D eigenvalue weighted by molar-refractivity contribution is -0.141. The lowest BCUT2D eigenvalue weighted by atomic mass is 10.1. The Morgan fingerprint density at radius 2 is 2.05 bits per heavy atom. The van der Waals surface area contributed by atoms with E-state index in [4.69, 9.17) is 5.11 Å². The van der Waals surface area contributed by atoms with Crippen molar-refractivity contribution in [1.82, 2.24) is 14.7 Å². The Bertz CT molecular complexity index is 335. The van der Waals surface area contributed by atoms with E-state index in [9.17, 15) is 9.59 Å². The fourth-order valence-corrected chi connectivity index (χ4v) is 2.45. The van der Waals surface area contributed by atoms with Crippen LogP contribution in [-0.4, -0.2) is 77.6 Å². The van der Waals surface area contributed by atoms with E-state index in [2.05, 4.69) is 18.7 Å². The molecule has 0 aromatic carbocycles. The van der Waals surface area contributed by atoms with Gasteiger partial charge in [0, 0.05) is 39.3 Å². The molecule has 6 nitrogen and oxygen atoms in total. The zero-order chi connectivity index (χ0) is 14.6. The molecule has 0 aromatic rings. The highest BCUT2D eigenvalue weighted by molar-refractivity contribution is 5.76. The molecule has 0 spiro atoms. The van der Waals surface area contributed by atoms with Gasteiger partial charge in [0.2, 0.25) is 0 Å². The molecule has 0 aromatic heterocycles. The predicted octanol–water partition coefficient (Wildman–Crippen LogP) is 0.785. The van der Waals surface area contributed by atoms with Crippen molar-refractivity contribution in [2.75, 3.05) is 39.8 Å². The van der Waals surface area contributed by atoms with Crippen LogP contribution in [0.1, 0.15) is 20.8 Å². The molecule has 19 heavy (non-hydrogen) atoms. The van der Waals surface area contributed by atoms with Crippen LogP contribution < -0.4 is 0 Å². The highest BCUT2D eigenvalue weighted by atomic mass is 16.4. The van der Waals surface area contributed by atoms with Crippen LogP contribution in [0.5, 0.6) is 0 Å². The number of likely N-dealkylation sites (N-methyl/N-ethyl adjacent to an activating group) is 1. The second kappa shape index (κ2) is 6.75. The number of rotatable bonds is 4. The SMILES string of the molecule is CCN1CCN(C(=O)N(C)CC(C)C(=O)O)CC1C. The van der Waals surface area contributed by atoms with E-state index in [-0.39, 0.29) is 12.6 Å². The Balaban J connectivity index is 2.52. The van der Waals surface area contributed by atoms with Crippen molar-refractivity contribution in [3.05, 3.63) is 0 Å². The van der Waals surface area contributed by atoms with Crippen molar-refractivity contribution in [3.8, 4) is 0 Å². The molecule has 1 N–H and O–H groups in total. The zero-order valence-electron chi connectivity index (χ0n) is 12.3. The van der Waals surface area contributed by atoms with Crippen LogP contribution in [0, 0.1) is 5.92 Å². The van der Waals surface area contributed by atoms with Crippen LogP contribution in [-0.2, 0) is 4.79 Å². The highest BCUT2D eigenvalue weighted by Crippen LogP contribution is 2.11. The Morgan fingerprint density at radius 3 is 2.53 bits per heavy atom. The summed E-state index contributed by atoms with van der Waals surface area (Å²) in [4.78, 5) is 28.7. The fourth-order valence-electron chi connectivity index (χ4n) is 2.45. The summed E-state index contributed by atoms with van der Waals surface area (Å²) in [5.41, 5.74) is 0. The monoisotopic (exact) mass is 271 g/mol. The lowest BCUT2D eigenvalue weighted by Crippen LogP contribution is -2.56. The standard InChI is InChI=1S/C13H25N3O3/c1-5-15-6-7-16(9-11(15)3)13(19)14(4)8-10(2)12(17)18/h10-11H,5-9H2,1-4H3,(H,17,18). The molecule has 1 saturated heterocycles. The molecule has 1 aliphatic rings. The van der Waals surface area contributed by atoms with Crippen molar-refractivity contribution < 1.29 is 14.7 Å². The van der Waals surface area contributed by atoms with E-state index < -0.39 is 11.9 Å².